The highest BCUT2D eigenvalue weighted by molar-refractivity contribution is 5.02. The summed E-state index contributed by atoms with van der Waals surface area (Å²) >= 11 is 0. The minimum absolute atomic E-state index is 0.896. The minimum atomic E-state index is 0.896. The third-order valence-electron chi connectivity index (χ3n) is 2.53. The number of rotatable bonds is 3. The van der Waals surface area contributed by atoms with Gasteiger partial charge >= 0.3 is 0 Å². The normalized spacial score (nSPS) is 30.4. The van der Waals surface area contributed by atoms with E-state index in [-0.39, 0.29) is 0 Å². The van der Waals surface area contributed by atoms with Crippen molar-refractivity contribution in [3.63, 3.8) is 0 Å². The van der Waals surface area contributed by atoms with Gasteiger partial charge in [-0.05, 0) is 31.6 Å². The predicted molar refractivity (Wildman–Crippen MR) is 47.6 cm³/mol. The fourth-order valence-electron chi connectivity index (χ4n) is 1.42. The van der Waals surface area contributed by atoms with Crippen molar-refractivity contribution in [3.05, 3.63) is 11.8 Å². The highest BCUT2D eigenvalue weighted by Crippen LogP contribution is 2.42. The zero-order valence-electron chi connectivity index (χ0n) is 7.67. The molecule has 1 fully saturated rings. The molecule has 0 amide bonds. The Bertz CT molecular complexity index is 161. The van der Waals surface area contributed by atoms with E-state index in [1.54, 1.807) is 5.01 Å². The van der Waals surface area contributed by atoms with Gasteiger partial charge in [0.2, 0.25) is 0 Å². The number of allylic oxidation sites excluding steroid dienone is 2. The quantitative estimate of drug-likeness (QED) is 0.495. The molecule has 1 saturated carbocycles. The summed E-state index contributed by atoms with van der Waals surface area (Å²) in [6.07, 6.45) is 4.64. The first-order chi connectivity index (χ1) is 5.15. The Morgan fingerprint density at radius 2 is 2.27 bits per heavy atom. The molecule has 0 heterocycles. The average molecular weight is 154 g/mol. The molecule has 2 atom stereocenters. The summed E-state index contributed by atoms with van der Waals surface area (Å²) in [5.74, 6) is 7.45. The van der Waals surface area contributed by atoms with Crippen LogP contribution in [0.2, 0.25) is 0 Å². The van der Waals surface area contributed by atoms with E-state index < -0.39 is 0 Å². The first kappa shape index (κ1) is 8.60. The highest BCUT2D eigenvalue weighted by Gasteiger charge is 2.33. The first-order valence-electron chi connectivity index (χ1n) is 4.28. The highest BCUT2D eigenvalue weighted by atomic mass is 15.4. The summed E-state index contributed by atoms with van der Waals surface area (Å²) < 4.78 is 0. The maximum Gasteiger partial charge on any atom is 0.0248 e. The van der Waals surface area contributed by atoms with Crippen molar-refractivity contribution < 1.29 is 0 Å². The van der Waals surface area contributed by atoms with E-state index in [1.165, 1.54) is 12.1 Å². The van der Waals surface area contributed by atoms with Crippen LogP contribution >= 0.6 is 0 Å². The summed E-state index contributed by atoms with van der Waals surface area (Å²) in [5, 5.41) is 1.73. The van der Waals surface area contributed by atoms with E-state index in [1.807, 2.05) is 14.0 Å². The maximum atomic E-state index is 5.63. The molecule has 0 spiro atoms. The molecule has 0 aliphatic heterocycles. The number of nitrogens with two attached hydrogens (primary N) is 1. The molecule has 0 aromatic carbocycles. The molecule has 1 aliphatic carbocycles. The summed E-state index contributed by atoms with van der Waals surface area (Å²) in [7, 11) is 1.91. The van der Waals surface area contributed by atoms with Crippen LogP contribution in [0.5, 0.6) is 0 Å². The van der Waals surface area contributed by atoms with E-state index in [4.69, 9.17) is 5.84 Å². The second-order valence-corrected chi connectivity index (χ2v) is 3.57. The van der Waals surface area contributed by atoms with Gasteiger partial charge in [-0.3, -0.25) is 0 Å². The monoisotopic (exact) mass is 154 g/mol. The fourth-order valence-corrected chi connectivity index (χ4v) is 1.42. The lowest BCUT2D eigenvalue weighted by atomic mass is 10.2. The molecule has 2 N–H and O–H groups in total. The molecule has 0 bridgehead atoms. The molecule has 1 rings (SSSR count). The molecular formula is C9H18N2. The van der Waals surface area contributed by atoms with E-state index in [9.17, 15) is 0 Å². The lowest BCUT2D eigenvalue weighted by Gasteiger charge is -2.15. The smallest absolute Gasteiger partial charge is 0.0248 e. The van der Waals surface area contributed by atoms with Crippen LogP contribution in [0.3, 0.4) is 0 Å². The predicted octanol–water partition coefficient (Wildman–Crippen LogP) is 1.74. The zero-order chi connectivity index (χ0) is 8.43. The van der Waals surface area contributed by atoms with Gasteiger partial charge in [-0.25, -0.2) is 5.84 Å². The largest absolute Gasteiger partial charge is 0.319 e. The topological polar surface area (TPSA) is 29.3 Å². The van der Waals surface area contributed by atoms with Gasteiger partial charge in [0, 0.05) is 12.7 Å². The van der Waals surface area contributed by atoms with Crippen LogP contribution in [0, 0.1) is 11.8 Å². The summed E-state index contributed by atoms with van der Waals surface area (Å²) in [5.41, 5.74) is 1.26. The molecule has 2 heteroatoms. The Hall–Kier alpha value is -0.500. The van der Waals surface area contributed by atoms with Crippen LogP contribution < -0.4 is 5.84 Å². The van der Waals surface area contributed by atoms with Crippen molar-refractivity contribution in [2.75, 3.05) is 7.05 Å². The SMILES string of the molecule is C/C=C(\CC1CC1C)N(C)N. The van der Waals surface area contributed by atoms with Gasteiger partial charge < -0.3 is 5.01 Å². The molecule has 11 heavy (non-hydrogen) atoms. The van der Waals surface area contributed by atoms with Gasteiger partial charge in [0.1, 0.15) is 0 Å². The Morgan fingerprint density at radius 3 is 2.55 bits per heavy atom. The molecule has 1 aliphatic rings. The van der Waals surface area contributed by atoms with Crippen molar-refractivity contribution in [2.45, 2.75) is 26.7 Å². The van der Waals surface area contributed by atoms with Crippen LogP contribution in [-0.4, -0.2) is 12.1 Å². The average Bonchev–Trinajstić information content (AvgIpc) is 2.61. The van der Waals surface area contributed by atoms with Gasteiger partial charge in [0.25, 0.3) is 0 Å². The lowest BCUT2D eigenvalue weighted by Crippen LogP contribution is -2.25. The van der Waals surface area contributed by atoms with Crippen LogP contribution in [0.1, 0.15) is 26.7 Å². The van der Waals surface area contributed by atoms with Gasteiger partial charge in [0.15, 0.2) is 0 Å². The molecule has 2 unspecified atom stereocenters. The third kappa shape index (κ3) is 2.22. The van der Waals surface area contributed by atoms with Crippen LogP contribution in [0.15, 0.2) is 11.8 Å². The van der Waals surface area contributed by atoms with E-state index in [2.05, 4.69) is 13.0 Å². The van der Waals surface area contributed by atoms with E-state index in [0.29, 0.717) is 0 Å². The number of hydrogen-bond acceptors (Lipinski definition) is 2. The summed E-state index contributed by atoms with van der Waals surface area (Å²) in [6, 6.07) is 0. The Labute approximate surface area is 69.0 Å². The molecular weight excluding hydrogens is 136 g/mol. The number of hydrogen-bond donors (Lipinski definition) is 1. The van der Waals surface area contributed by atoms with E-state index >= 15 is 0 Å². The fraction of sp³-hybridized carbons (Fsp3) is 0.778. The van der Waals surface area contributed by atoms with Crippen molar-refractivity contribution in [1.82, 2.24) is 5.01 Å². The second kappa shape index (κ2) is 3.26. The second-order valence-electron chi connectivity index (χ2n) is 3.57. The van der Waals surface area contributed by atoms with Crippen molar-refractivity contribution in [2.24, 2.45) is 17.7 Å². The van der Waals surface area contributed by atoms with Gasteiger partial charge in [0.05, 0.1) is 0 Å². The molecule has 0 aromatic rings. The maximum absolute atomic E-state index is 5.63. The van der Waals surface area contributed by atoms with Gasteiger partial charge in [-0.1, -0.05) is 13.0 Å². The zero-order valence-corrected chi connectivity index (χ0v) is 7.67. The molecule has 0 aromatic heterocycles. The summed E-state index contributed by atoms with van der Waals surface area (Å²) in [6.45, 7) is 4.35. The standard InChI is InChI=1S/C9H18N2/c1-4-9(11(3)10)6-8-5-7(8)2/h4,7-8H,5-6,10H2,1-3H3/b9-4+. The van der Waals surface area contributed by atoms with Crippen molar-refractivity contribution >= 4 is 0 Å². The Kier molecular flexibility index (Phi) is 2.55. The van der Waals surface area contributed by atoms with Crippen LogP contribution in [0.25, 0.3) is 0 Å². The molecule has 0 radical (unpaired) electrons. The summed E-state index contributed by atoms with van der Waals surface area (Å²) in [4.78, 5) is 0. The number of hydrazine groups is 1. The first-order valence-corrected chi connectivity index (χ1v) is 4.28. The van der Waals surface area contributed by atoms with Crippen LogP contribution in [0.4, 0.5) is 0 Å². The molecule has 64 valence electrons. The number of nitrogens with zero attached hydrogens (tertiary/aromatic N) is 1. The van der Waals surface area contributed by atoms with Crippen LogP contribution in [-0.2, 0) is 0 Å². The minimum Gasteiger partial charge on any atom is -0.319 e. The van der Waals surface area contributed by atoms with Gasteiger partial charge in [-0.15, -0.1) is 0 Å². The van der Waals surface area contributed by atoms with Crippen molar-refractivity contribution in [3.8, 4) is 0 Å². The molecule has 0 saturated heterocycles. The third-order valence-corrected chi connectivity index (χ3v) is 2.53. The Balaban J connectivity index is 2.34. The molecule has 2 nitrogen and oxygen atoms in total. The lowest BCUT2D eigenvalue weighted by molar-refractivity contribution is 0.410. The van der Waals surface area contributed by atoms with Gasteiger partial charge in [-0.2, -0.15) is 0 Å². The Morgan fingerprint density at radius 1 is 1.73 bits per heavy atom. The van der Waals surface area contributed by atoms with Crippen molar-refractivity contribution in [1.29, 1.82) is 0 Å². The van der Waals surface area contributed by atoms with E-state index in [0.717, 1.165) is 18.3 Å².